The van der Waals surface area contributed by atoms with E-state index >= 15 is 0 Å². The van der Waals surface area contributed by atoms with E-state index in [1.807, 2.05) is 0 Å². The number of aryl methyl sites for hydroxylation is 1. The van der Waals surface area contributed by atoms with Crippen molar-refractivity contribution in [2.45, 2.75) is 6.42 Å². The minimum absolute atomic E-state index is 0.201. The molecule has 90 valence electrons. The lowest BCUT2D eigenvalue weighted by Crippen LogP contribution is -2.03. The van der Waals surface area contributed by atoms with Crippen LogP contribution in [-0.4, -0.2) is 14.8 Å². The lowest BCUT2D eigenvalue weighted by molar-refractivity contribution is 0.481. The normalized spacial score (nSPS) is 10.9. The Morgan fingerprint density at radius 3 is 2.59 bits per heavy atom. The number of hydrogen-bond donors (Lipinski definition) is 0. The third kappa shape index (κ3) is 2.26. The zero-order chi connectivity index (χ0) is 12.6. The SMILES string of the molecule is Cn1cnc(Cc2c(F)cc(Cl)c(F)c2F)n1. The molecule has 1 aromatic heterocycles. The minimum atomic E-state index is -1.30. The van der Waals surface area contributed by atoms with Gasteiger partial charge in [-0.1, -0.05) is 11.6 Å². The van der Waals surface area contributed by atoms with Crippen LogP contribution in [0.25, 0.3) is 0 Å². The average Bonchev–Trinajstić information content (AvgIpc) is 2.67. The number of halogens is 4. The number of aromatic nitrogens is 3. The van der Waals surface area contributed by atoms with Crippen LogP contribution in [0.5, 0.6) is 0 Å². The molecule has 0 aliphatic heterocycles. The van der Waals surface area contributed by atoms with Crippen molar-refractivity contribution in [1.29, 1.82) is 0 Å². The smallest absolute Gasteiger partial charge is 0.177 e. The van der Waals surface area contributed by atoms with Gasteiger partial charge in [0.25, 0.3) is 0 Å². The van der Waals surface area contributed by atoms with Gasteiger partial charge in [0.1, 0.15) is 12.1 Å². The van der Waals surface area contributed by atoms with E-state index in [1.165, 1.54) is 11.0 Å². The fourth-order valence-corrected chi connectivity index (χ4v) is 1.57. The second-order valence-electron chi connectivity index (χ2n) is 3.46. The Kier molecular flexibility index (Phi) is 3.06. The summed E-state index contributed by atoms with van der Waals surface area (Å²) in [4.78, 5) is 3.81. The first-order valence-electron chi connectivity index (χ1n) is 4.65. The molecular weight excluding hydrogens is 255 g/mol. The molecule has 0 N–H and O–H groups in total. The van der Waals surface area contributed by atoms with Gasteiger partial charge >= 0.3 is 0 Å². The van der Waals surface area contributed by atoms with Gasteiger partial charge in [0.2, 0.25) is 0 Å². The van der Waals surface area contributed by atoms with Crippen molar-refractivity contribution in [2.24, 2.45) is 7.05 Å². The standard InChI is InChI=1S/C10H7ClF3N3/c1-17-4-15-8(16-17)2-5-7(12)3-6(11)10(14)9(5)13/h3-4H,2H2,1H3. The van der Waals surface area contributed by atoms with Gasteiger partial charge in [-0.25, -0.2) is 18.2 Å². The molecule has 0 bridgehead atoms. The number of rotatable bonds is 2. The van der Waals surface area contributed by atoms with Crippen molar-refractivity contribution < 1.29 is 13.2 Å². The van der Waals surface area contributed by atoms with Gasteiger partial charge in [-0.05, 0) is 6.07 Å². The van der Waals surface area contributed by atoms with Crippen LogP contribution >= 0.6 is 11.6 Å². The zero-order valence-corrected chi connectivity index (χ0v) is 9.47. The van der Waals surface area contributed by atoms with Crippen molar-refractivity contribution in [2.75, 3.05) is 0 Å². The summed E-state index contributed by atoms with van der Waals surface area (Å²) in [6, 6.07) is 0.734. The maximum Gasteiger partial charge on any atom is 0.177 e. The Morgan fingerprint density at radius 1 is 1.29 bits per heavy atom. The molecule has 0 unspecified atom stereocenters. The van der Waals surface area contributed by atoms with E-state index in [-0.39, 0.29) is 12.2 Å². The molecule has 17 heavy (non-hydrogen) atoms. The van der Waals surface area contributed by atoms with Crippen LogP contribution in [-0.2, 0) is 13.5 Å². The third-order valence-corrected chi connectivity index (χ3v) is 2.47. The topological polar surface area (TPSA) is 30.7 Å². The maximum atomic E-state index is 13.5. The molecule has 3 nitrogen and oxygen atoms in total. The molecule has 0 saturated carbocycles. The monoisotopic (exact) mass is 261 g/mol. The Labute approximate surface area is 99.8 Å². The lowest BCUT2D eigenvalue weighted by Gasteiger charge is -2.04. The quantitative estimate of drug-likeness (QED) is 0.614. The van der Waals surface area contributed by atoms with E-state index in [1.54, 1.807) is 7.05 Å². The van der Waals surface area contributed by atoms with Gasteiger partial charge in [0.05, 0.1) is 5.02 Å². The summed E-state index contributed by atoms with van der Waals surface area (Å²) in [6.07, 6.45) is 1.16. The van der Waals surface area contributed by atoms with E-state index in [0.29, 0.717) is 0 Å². The molecule has 0 amide bonds. The van der Waals surface area contributed by atoms with Gasteiger partial charge in [-0.3, -0.25) is 4.68 Å². The van der Waals surface area contributed by atoms with E-state index < -0.39 is 28.0 Å². The molecule has 7 heteroatoms. The van der Waals surface area contributed by atoms with Crippen LogP contribution in [0.2, 0.25) is 5.02 Å². The highest BCUT2D eigenvalue weighted by Gasteiger charge is 2.19. The Morgan fingerprint density at radius 2 is 2.00 bits per heavy atom. The fraction of sp³-hybridized carbons (Fsp3) is 0.200. The predicted molar refractivity (Wildman–Crippen MR) is 55.1 cm³/mol. The summed E-state index contributed by atoms with van der Waals surface area (Å²) in [7, 11) is 1.62. The van der Waals surface area contributed by atoms with E-state index in [9.17, 15) is 13.2 Å². The molecular formula is C10H7ClF3N3. The van der Waals surface area contributed by atoms with Crippen LogP contribution in [0, 0.1) is 17.5 Å². The maximum absolute atomic E-state index is 13.5. The van der Waals surface area contributed by atoms with Crippen LogP contribution in [0.4, 0.5) is 13.2 Å². The Bertz CT molecular complexity index is 568. The second kappa shape index (κ2) is 4.37. The largest absolute Gasteiger partial charge is 0.256 e. The van der Waals surface area contributed by atoms with Crippen molar-refractivity contribution in [1.82, 2.24) is 14.8 Å². The zero-order valence-electron chi connectivity index (χ0n) is 8.72. The summed E-state index contributed by atoms with van der Waals surface area (Å²) in [5, 5.41) is 3.27. The van der Waals surface area contributed by atoms with Crippen LogP contribution < -0.4 is 0 Å². The lowest BCUT2D eigenvalue weighted by atomic mass is 10.1. The second-order valence-corrected chi connectivity index (χ2v) is 3.87. The highest BCUT2D eigenvalue weighted by molar-refractivity contribution is 6.30. The van der Waals surface area contributed by atoms with Gasteiger partial charge in [0, 0.05) is 19.0 Å². The van der Waals surface area contributed by atoms with Crippen LogP contribution in [0.3, 0.4) is 0 Å². The summed E-state index contributed by atoms with van der Waals surface area (Å²) in [6.45, 7) is 0. The highest BCUT2D eigenvalue weighted by Crippen LogP contribution is 2.24. The van der Waals surface area contributed by atoms with Gasteiger partial charge in [-0.2, -0.15) is 5.10 Å². The summed E-state index contributed by atoms with van der Waals surface area (Å²) >= 11 is 5.31. The first kappa shape index (κ1) is 11.9. The molecule has 0 aliphatic rings. The molecule has 0 fully saturated rings. The molecule has 2 rings (SSSR count). The summed E-state index contributed by atoms with van der Waals surface area (Å²) < 4.78 is 41.4. The summed E-state index contributed by atoms with van der Waals surface area (Å²) in [5.41, 5.74) is -0.432. The summed E-state index contributed by atoms with van der Waals surface area (Å²) in [5.74, 6) is -3.28. The number of benzene rings is 1. The van der Waals surface area contributed by atoms with Crippen LogP contribution in [0.15, 0.2) is 12.4 Å². The van der Waals surface area contributed by atoms with Gasteiger partial charge in [0.15, 0.2) is 17.5 Å². The first-order chi connectivity index (χ1) is 7.99. The van der Waals surface area contributed by atoms with Crippen molar-refractivity contribution in [3.8, 4) is 0 Å². The molecule has 0 aliphatic carbocycles. The van der Waals surface area contributed by atoms with E-state index in [0.717, 1.165) is 6.07 Å². The van der Waals surface area contributed by atoms with Gasteiger partial charge < -0.3 is 0 Å². The highest BCUT2D eigenvalue weighted by atomic mass is 35.5. The van der Waals surface area contributed by atoms with Crippen LogP contribution in [0.1, 0.15) is 11.4 Å². The third-order valence-electron chi connectivity index (χ3n) is 2.19. The average molecular weight is 262 g/mol. The fourth-order valence-electron chi connectivity index (χ4n) is 1.39. The minimum Gasteiger partial charge on any atom is -0.256 e. The molecule has 0 radical (unpaired) electrons. The number of nitrogens with zero attached hydrogens (tertiary/aromatic N) is 3. The Balaban J connectivity index is 2.42. The van der Waals surface area contributed by atoms with Crippen molar-refractivity contribution in [3.05, 3.63) is 46.3 Å². The molecule has 0 spiro atoms. The molecule has 2 aromatic rings. The first-order valence-corrected chi connectivity index (χ1v) is 5.03. The Hall–Kier alpha value is -1.56. The molecule has 0 atom stereocenters. The molecule has 1 aromatic carbocycles. The molecule has 1 heterocycles. The predicted octanol–water partition coefficient (Wildman–Crippen LogP) is 2.48. The molecule has 0 saturated heterocycles. The number of hydrogen-bond acceptors (Lipinski definition) is 2. The van der Waals surface area contributed by atoms with Crippen molar-refractivity contribution in [3.63, 3.8) is 0 Å². The van der Waals surface area contributed by atoms with Gasteiger partial charge in [-0.15, -0.1) is 0 Å². The van der Waals surface area contributed by atoms with Crippen molar-refractivity contribution >= 4 is 11.6 Å². The van der Waals surface area contributed by atoms with E-state index in [2.05, 4.69) is 10.1 Å². The van der Waals surface area contributed by atoms with E-state index in [4.69, 9.17) is 11.6 Å².